The highest BCUT2D eigenvalue weighted by molar-refractivity contribution is 5.78. The van der Waals surface area contributed by atoms with Gasteiger partial charge in [-0.15, -0.1) is 0 Å². The monoisotopic (exact) mass is 225 g/mol. The summed E-state index contributed by atoms with van der Waals surface area (Å²) in [6.45, 7) is 4.71. The van der Waals surface area contributed by atoms with Gasteiger partial charge in [-0.25, -0.2) is 4.98 Å². The van der Waals surface area contributed by atoms with Crippen molar-refractivity contribution in [2.75, 3.05) is 6.54 Å². The third-order valence-corrected chi connectivity index (χ3v) is 2.41. The minimum atomic E-state index is -0.0643. The number of oxazole rings is 1. The van der Waals surface area contributed by atoms with Gasteiger partial charge in [-0.05, 0) is 13.0 Å². The minimum absolute atomic E-state index is 0.0123. The molecule has 3 N–H and O–H groups in total. The van der Waals surface area contributed by atoms with Crippen LogP contribution in [-0.4, -0.2) is 17.4 Å². The Bertz CT molecular complexity index is 336. The molecule has 0 radical (unpaired) electrons. The molecule has 0 fully saturated rings. The Morgan fingerprint density at radius 3 is 3.00 bits per heavy atom. The molecule has 1 amide bonds. The first-order chi connectivity index (χ1) is 7.67. The number of nitrogens with two attached hydrogens (primary N) is 1. The van der Waals surface area contributed by atoms with E-state index in [0.29, 0.717) is 25.4 Å². The van der Waals surface area contributed by atoms with Gasteiger partial charge in [-0.3, -0.25) is 4.79 Å². The van der Waals surface area contributed by atoms with Crippen LogP contribution in [0.5, 0.6) is 0 Å². The van der Waals surface area contributed by atoms with Crippen LogP contribution in [0.2, 0.25) is 0 Å². The van der Waals surface area contributed by atoms with E-state index in [1.165, 1.54) is 0 Å². The summed E-state index contributed by atoms with van der Waals surface area (Å²) in [5, 5.41) is 2.77. The number of hydrogen-bond donors (Lipinski definition) is 2. The molecule has 16 heavy (non-hydrogen) atoms. The molecule has 0 aliphatic rings. The van der Waals surface area contributed by atoms with Crippen molar-refractivity contribution in [2.24, 2.45) is 11.7 Å². The average molecular weight is 225 g/mol. The number of aryl methyl sites for hydroxylation is 1. The molecule has 0 aliphatic carbocycles. The van der Waals surface area contributed by atoms with Crippen LogP contribution in [0, 0.1) is 5.92 Å². The van der Waals surface area contributed by atoms with E-state index in [9.17, 15) is 4.79 Å². The lowest BCUT2D eigenvalue weighted by molar-refractivity contribution is -0.124. The highest BCUT2D eigenvalue weighted by atomic mass is 16.4. The Balaban J connectivity index is 2.36. The summed E-state index contributed by atoms with van der Waals surface area (Å²) in [6, 6.07) is 0. The second-order valence-corrected chi connectivity index (χ2v) is 3.77. The van der Waals surface area contributed by atoms with Gasteiger partial charge < -0.3 is 15.5 Å². The fourth-order valence-corrected chi connectivity index (χ4v) is 1.31. The van der Waals surface area contributed by atoms with Crippen molar-refractivity contribution in [2.45, 2.75) is 33.2 Å². The second-order valence-electron chi connectivity index (χ2n) is 3.77. The quantitative estimate of drug-likeness (QED) is 0.751. The Kier molecular flexibility index (Phi) is 4.98. The maximum atomic E-state index is 11.5. The molecule has 1 heterocycles. The molecule has 0 saturated carbocycles. The number of hydrogen-bond acceptors (Lipinski definition) is 4. The Hall–Kier alpha value is -1.36. The molecule has 0 aliphatic heterocycles. The van der Waals surface area contributed by atoms with Crippen molar-refractivity contribution in [1.82, 2.24) is 10.3 Å². The number of amides is 1. The smallest absolute Gasteiger partial charge is 0.223 e. The van der Waals surface area contributed by atoms with Crippen molar-refractivity contribution in [3.05, 3.63) is 17.8 Å². The molecule has 5 nitrogen and oxygen atoms in total. The van der Waals surface area contributed by atoms with Gasteiger partial charge in [0, 0.05) is 12.3 Å². The summed E-state index contributed by atoms with van der Waals surface area (Å²) < 4.78 is 5.37. The number of carbonyl (C=O) groups excluding carboxylic acids is 1. The first-order valence-corrected chi connectivity index (χ1v) is 5.58. The molecule has 0 saturated heterocycles. The first kappa shape index (κ1) is 12.7. The zero-order valence-electron chi connectivity index (χ0n) is 9.82. The fourth-order valence-electron chi connectivity index (χ4n) is 1.31. The van der Waals surface area contributed by atoms with Crippen LogP contribution in [0.15, 0.2) is 10.6 Å². The Morgan fingerprint density at radius 2 is 2.44 bits per heavy atom. The van der Waals surface area contributed by atoms with Crippen LogP contribution < -0.4 is 11.1 Å². The highest BCUT2D eigenvalue weighted by Gasteiger charge is 2.12. The van der Waals surface area contributed by atoms with Crippen LogP contribution in [0.3, 0.4) is 0 Å². The van der Waals surface area contributed by atoms with Gasteiger partial charge in [0.15, 0.2) is 0 Å². The summed E-state index contributed by atoms with van der Waals surface area (Å²) in [7, 11) is 0. The van der Waals surface area contributed by atoms with Gasteiger partial charge in [-0.2, -0.15) is 0 Å². The van der Waals surface area contributed by atoms with E-state index in [0.717, 1.165) is 12.2 Å². The highest BCUT2D eigenvalue weighted by Crippen LogP contribution is 2.05. The van der Waals surface area contributed by atoms with E-state index < -0.39 is 0 Å². The molecule has 0 spiro atoms. The van der Waals surface area contributed by atoms with Crippen LogP contribution in [0.1, 0.15) is 31.9 Å². The number of aromatic nitrogens is 1. The van der Waals surface area contributed by atoms with Crippen molar-refractivity contribution in [3.63, 3.8) is 0 Å². The van der Waals surface area contributed by atoms with E-state index in [1.54, 1.807) is 6.20 Å². The molecular formula is C11H19N3O2. The van der Waals surface area contributed by atoms with Crippen LogP contribution in [0.4, 0.5) is 0 Å². The third kappa shape index (κ3) is 3.66. The fraction of sp³-hybridized carbons (Fsp3) is 0.636. The molecule has 1 atom stereocenters. The van der Waals surface area contributed by atoms with Gasteiger partial charge in [-0.1, -0.05) is 13.8 Å². The Morgan fingerprint density at radius 1 is 1.69 bits per heavy atom. The van der Waals surface area contributed by atoms with Gasteiger partial charge in [0.2, 0.25) is 11.8 Å². The molecule has 90 valence electrons. The summed E-state index contributed by atoms with van der Waals surface area (Å²) in [5.74, 6) is 1.30. The van der Waals surface area contributed by atoms with E-state index >= 15 is 0 Å². The molecule has 1 aromatic heterocycles. The number of carbonyl (C=O) groups is 1. The number of rotatable bonds is 6. The van der Waals surface area contributed by atoms with Crippen molar-refractivity contribution < 1.29 is 9.21 Å². The van der Waals surface area contributed by atoms with Gasteiger partial charge >= 0.3 is 0 Å². The summed E-state index contributed by atoms with van der Waals surface area (Å²) in [5.41, 5.74) is 5.38. The molecule has 1 unspecified atom stereocenters. The van der Waals surface area contributed by atoms with E-state index in [1.807, 2.05) is 13.8 Å². The second kappa shape index (κ2) is 6.27. The third-order valence-electron chi connectivity index (χ3n) is 2.41. The summed E-state index contributed by atoms with van der Waals surface area (Å²) >= 11 is 0. The topological polar surface area (TPSA) is 81.2 Å². The van der Waals surface area contributed by atoms with Crippen LogP contribution >= 0.6 is 0 Å². The molecule has 0 aromatic carbocycles. The van der Waals surface area contributed by atoms with Crippen molar-refractivity contribution in [3.8, 4) is 0 Å². The SMILES string of the molecule is CCc1cnc(CNC(=O)C(C)CCN)o1. The number of nitrogens with zero attached hydrogens (tertiary/aromatic N) is 1. The zero-order chi connectivity index (χ0) is 12.0. The Labute approximate surface area is 95.4 Å². The standard InChI is InChI=1S/C11H19N3O2/c1-3-9-6-13-10(16-9)7-14-11(15)8(2)4-5-12/h6,8H,3-5,7,12H2,1-2H3,(H,14,15). The molecule has 1 aromatic rings. The lowest BCUT2D eigenvalue weighted by Gasteiger charge is -2.09. The molecule has 5 heteroatoms. The van der Waals surface area contributed by atoms with Crippen LogP contribution in [-0.2, 0) is 17.8 Å². The van der Waals surface area contributed by atoms with E-state index in [4.69, 9.17) is 10.2 Å². The maximum absolute atomic E-state index is 11.5. The number of nitrogens with one attached hydrogen (secondary N) is 1. The largest absolute Gasteiger partial charge is 0.444 e. The van der Waals surface area contributed by atoms with Crippen LogP contribution in [0.25, 0.3) is 0 Å². The van der Waals surface area contributed by atoms with Crippen molar-refractivity contribution in [1.29, 1.82) is 0 Å². The first-order valence-electron chi connectivity index (χ1n) is 5.58. The molecule has 0 bridgehead atoms. The van der Waals surface area contributed by atoms with Gasteiger partial charge in [0.25, 0.3) is 0 Å². The minimum Gasteiger partial charge on any atom is -0.444 e. The molecular weight excluding hydrogens is 206 g/mol. The zero-order valence-corrected chi connectivity index (χ0v) is 9.82. The van der Waals surface area contributed by atoms with E-state index in [-0.39, 0.29) is 11.8 Å². The summed E-state index contributed by atoms with van der Waals surface area (Å²) in [4.78, 5) is 15.6. The predicted molar refractivity (Wildman–Crippen MR) is 60.6 cm³/mol. The maximum Gasteiger partial charge on any atom is 0.223 e. The van der Waals surface area contributed by atoms with Gasteiger partial charge in [0.1, 0.15) is 5.76 Å². The lowest BCUT2D eigenvalue weighted by atomic mass is 10.1. The van der Waals surface area contributed by atoms with Crippen molar-refractivity contribution >= 4 is 5.91 Å². The van der Waals surface area contributed by atoms with Gasteiger partial charge in [0.05, 0.1) is 12.7 Å². The average Bonchev–Trinajstić information content (AvgIpc) is 2.74. The van der Waals surface area contributed by atoms with E-state index in [2.05, 4.69) is 10.3 Å². The lowest BCUT2D eigenvalue weighted by Crippen LogP contribution is -2.30. The normalized spacial score (nSPS) is 12.4. The predicted octanol–water partition coefficient (Wildman–Crippen LogP) is 0.838. The summed E-state index contributed by atoms with van der Waals surface area (Å²) in [6.07, 6.45) is 3.19. The molecule has 1 rings (SSSR count).